The number of rotatable bonds is 1. The maximum atomic E-state index is 8.68. The Kier molecular flexibility index (Phi) is 2.12. The summed E-state index contributed by atoms with van der Waals surface area (Å²) in [5.74, 6) is 0. The fourth-order valence-corrected chi connectivity index (χ4v) is 1.09. The van der Waals surface area contributed by atoms with Crippen molar-refractivity contribution in [3.05, 3.63) is 29.3 Å². The summed E-state index contributed by atoms with van der Waals surface area (Å²) in [6, 6.07) is 7.79. The summed E-state index contributed by atoms with van der Waals surface area (Å²) in [4.78, 5) is 0. The fraction of sp³-hybridized carbons (Fsp3) is 0.222. The average molecular weight is 146 g/mol. The van der Waals surface area contributed by atoms with Crippen LogP contribution in [-0.2, 0) is 0 Å². The molecule has 0 aromatic heterocycles. The second kappa shape index (κ2) is 3.07. The molecule has 0 amide bonds. The smallest absolute Gasteiger partial charge is 0.101 e. The van der Waals surface area contributed by atoms with E-state index in [1.807, 2.05) is 26.1 Å². The second-order valence-electron chi connectivity index (χ2n) is 2.36. The van der Waals surface area contributed by atoms with Gasteiger partial charge in [-0.15, -0.1) is 0 Å². The summed E-state index contributed by atoms with van der Waals surface area (Å²) in [5, 5.41) is 11.7. The average Bonchev–Trinajstić information content (AvgIpc) is 2.04. The Morgan fingerprint density at radius 2 is 2.18 bits per heavy atom. The van der Waals surface area contributed by atoms with Gasteiger partial charge in [0.05, 0.1) is 11.3 Å². The first-order valence-corrected chi connectivity index (χ1v) is 3.47. The Morgan fingerprint density at radius 3 is 2.64 bits per heavy atom. The van der Waals surface area contributed by atoms with E-state index in [2.05, 4.69) is 11.4 Å². The van der Waals surface area contributed by atoms with E-state index in [-0.39, 0.29) is 0 Å². The Labute approximate surface area is 66.5 Å². The van der Waals surface area contributed by atoms with E-state index in [0.717, 1.165) is 11.3 Å². The van der Waals surface area contributed by atoms with Gasteiger partial charge in [-0.05, 0) is 18.6 Å². The number of anilines is 1. The topological polar surface area (TPSA) is 35.8 Å². The van der Waals surface area contributed by atoms with Crippen LogP contribution < -0.4 is 5.32 Å². The summed E-state index contributed by atoms with van der Waals surface area (Å²) in [5.41, 5.74) is 2.73. The third-order valence-electron chi connectivity index (χ3n) is 1.64. The quantitative estimate of drug-likeness (QED) is 0.656. The summed E-state index contributed by atoms with van der Waals surface area (Å²) in [6.07, 6.45) is 0. The second-order valence-corrected chi connectivity index (χ2v) is 2.36. The zero-order chi connectivity index (χ0) is 8.27. The molecule has 0 fully saturated rings. The Morgan fingerprint density at radius 1 is 1.45 bits per heavy atom. The summed E-state index contributed by atoms with van der Waals surface area (Å²) < 4.78 is 0. The molecule has 0 atom stereocenters. The molecular formula is C9H10N2. The predicted octanol–water partition coefficient (Wildman–Crippen LogP) is 1.91. The van der Waals surface area contributed by atoms with Gasteiger partial charge in [0.2, 0.25) is 0 Å². The van der Waals surface area contributed by atoms with Crippen molar-refractivity contribution in [3.8, 4) is 6.07 Å². The Balaban J connectivity index is 3.27. The van der Waals surface area contributed by atoms with Gasteiger partial charge in [0.25, 0.3) is 0 Å². The van der Waals surface area contributed by atoms with Crippen LogP contribution >= 0.6 is 0 Å². The number of nitrogens with zero attached hydrogens (tertiary/aromatic N) is 1. The van der Waals surface area contributed by atoms with Crippen LogP contribution in [-0.4, -0.2) is 7.05 Å². The molecular weight excluding hydrogens is 136 g/mol. The lowest BCUT2D eigenvalue weighted by molar-refractivity contribution is 1.37. The highest BCUT2D eigenvalue weighted by atomic mass is 14.8. The van der Waals surface area contributed by atoms with Crippen LogP contribution in [0.4, 0.5) is 5.69 Å². The molecule has 2 heteroatoms. The molecule has 0 aliphatic heterocycles. The van der Waals surface area contributed by atoms with E-state index in [1.54, 1.807) is 6.07 Å². The van der Waals surface area contributed by atoms with E-state index in [4.69, 9.17) is 5.26 Å². The fourth-order valence-electron chi connectivity index (χ4n) is 1.09. The molecule has 56 valence electrons. The number of nitriles is 1. The molecule has 1 aromatic carbocycles. The zero-order valence-electron chi connectivity index (χ0n) is 6.68. The molecule has 0 aliphatic carbocycles. The summed E-state index contributed by atoms with van der Waals surface area (Å²) in [6.45, 7) is 1.98. The first kappa shape index (κ1) is 7.62. The van der Waals surface area contributed by atoms with E-state index in [1.165, 1.54) is 0 Å². The van der Waals surface area contributed by atoms with Crippen LogP contribution in [0.2, 0.25) is 0 Å². The van der Waals surface area contributed by atoms with Gasteiger partial charge in [0.15, 0.2) is 0 Å². The maximum Gasteiger partial charge on any atom is 0.101 e. The van der Waals surface area contributed by atoms with Crippen molar-refractivity contribution < 1.29 is 0 Å². The number of nitrogens with one attached hydrogen (secondary N) is 1. The number of hydrogen-bond donors (Lipinski definition) is 1. The van der Waals surface area contributed by atoms with Crippen molar-refractivity contribution in [2.75, 3.05) is 12.4 Å². The van der Waals surface area contributed by atoms with Gasteiger partial charge in [-0.2, -0.15) is 5.26 Å². The standard InChI is InChI=1S/C9H10N2/c1-7-4-3-5-8(6-10)9(7)11-2/h3-5,11H,1-2H3. The van der Waals surface area contributed by atoms with Crippen molar-refractivity contribution in [2.45, 2.75) is 6.92 Å². The molecule has 0 heterocycles. The molecule has 0 saturated heterocycles. The molecule has 0 unspecified atom stereocenters. The minimum atomic E-state index is 0.701. The lowest BCUT2D eigenvalue weighted by Gasteiger charge is -2.05. The molecule has 1 aromatic rings. The van der Waals surface area contributed by atoms with E-state index < -0.39 is 0 Å². The normalized spacial score (nSPS) is 8.82. The molecule has 0 radical (unpaired) electrons. The van der Waals surface area contributed by atoms with Gasteiger partial charge in [0.1, 0.15) is 6.07 Å². The molecule has 0 aliphatic rings. The van der Waals surface area contributed by atoms with E-state index in [0.29, 0.717) is 5.56 Å². The van der Waals surface area contributed by atoms with Crippen molar-refractivity contribution in [2.24, 2.45) is 0 Å². The summed E-state index contributed by atoms with van der Waals surface area (Å²) in [7, 11) is 1.82. The van der Waals surface area contributed by atoms with Gasteiger partial charge in [-0.3, -0.25) is 0 Å². The highest BCUT2D eigenvalue weighted by Gasteiger charge is 2.00. The number of para-hydroxylation sites is 1. The molecule has 11 heavy (non-hydrogen) atoms. The summed E-state index contributed by atoms with van der Waals surface area (Å²) >= 11 is 0. The monoisotopic (exact) mass is 146 g/mol. The van der Waals surface area contributed by atoms with Crippen LogP contribution in [0.25, 0.3) is 0 Å². The minimum absolute atomic E-state index is 0.701. The van der Waals surface area contributed by atoms with Crippen LogP contribution in [0.15, 0.2) is 18.2 Å². The minimum Gasteiger partial charge on any atom is -0.387 e. The van der Waals surface area contributed by atoms with Gasteiger partial charge < -0.3 is 5.32 Å². The van der Waals surface area contributed by atoms with Crippen LogP contribution in [0.1, 0.15) is 11.1 Å². The van der Waals surface area contributed by atoms with Crippen LogP contribution in [0.3, 0.4) is 0 Å². The van der Waals surface area contributed by atoms with Gasteiger partial charge in [-0.1, -0.05) is 12.1 Å². The molecule has 0 saturated carbocycles. The van der Waals surface area contributed by atoms with Crippen molar-refractivity contribution in [3.63, 3.8) is 0 Å². The molecule has 0 spiro atoms. The highest BCUT2D eigenvalue weighted by molar-refractivity contribution is 5.61. The zero-order valence-corrected chi connectivity index (χ0v) is 6.68. The molecule has 0 bridgehead atoms. The van der Waals surface area contributed by atoms with Gasteiger partial charge in [0, 0.05) is 7.05 Å². The van der Waals surface area contributed by atoms with E-state index in [9.17, 15) is 0 Å². The number of benzene rings is 1. The largest absolute Gasteiger partial charge is 0.387 e. The third-order valence-corrected chi connectivity index (χ3v) is 1.64. The predicted molar refractivity (Wildman–Crippen MR) is 45.4 cm³/mol. The van der Waals surface area contributed by atoms with Crippen molar-refractivity contribution >= 4 is 5.69 Å². The van der Waals surface area contributed by atoms with Gasteiger partial charge in [-0.25, -0.2) is 0 Å². The van der Waals surface area contributed by atoms with Crippen molar-refractivity contribution in [1.29, 1.82) is 5.26 Å². The first-order valence-electron chi connectivity index (χ1n) is 3.47. The Hall–Kier alpha value is -1.49. The van der Waals surface area contributed by atoms with Gasteiger partial charge >= 0.3 is 0 Å². The third kappa shape index (κ3) is 1.32. The Bertz CT molecular complexity index is 297. The van der Waals surface area contributed by atoms with Crippen LogP contribution in [0, 0.1) is 18.3 Å². The lowest BCUT2D eigenvalue weighted by Crippen LogP contribution is -1.94. The van der Waals surface area contributed by atoms with E-state index >= 15 is 0 Å². The SMILES string of the molecule is CNc1c(C)cccc1C#N. The highest BCUT2D eigenvalue weighted by Crippen LogP contribution is 2.18. The molecule has 1 rings (SSSR count). The maximum absolute atomic E-state index is 8.68. The molecule has 1 N–H and O–H groups in total. The number of hydrogen-bond acceptors (Lipinski definition) is 2. The first-order chi connectivity index (χ1) is 5.29. The van der Waals surface area contributed by atoms with Crippen molar-refractivity contribution in [1.82, 2.24) is 0 Å². The number of aryl methyl sites for hydroxylation is 1. The molecule has 2 nitrogen and oxygen atoms in total. The van der Waals surface area contributed by atoms with Crippen LogP contribution in [0.5, 0.6) is 0 Å². The lowest BCUT2D eigenvalue weighted by atomic mass is 10.1.